The van der Waals surface area contributed by atoms with Crippen molar-refractivity contribution in [2.24, 2.45) is 10.1 Å². The van der Waals surface area contributed by atoms with Gasteiger partial charge in [0.15, 0.2) is 11.3 Å². The van der Waals surface area contributed by atoms with Gasteiger partial charge in [-0.25, -0.2) is 5.01 Å². The first-order chi connectivity index (χ1) is 13.1. The molecule has 1 atom stereocenters. The third-order valence-corrected chi connectivity index (χ3v) is 5.51. The van der Waals surface area contributed by atoms with Crippen LogP contribution < -0.4 is 20.6 Å². The molecule has 2 aliphatic heterocycles. The normalized spacial score (nSPS) is 18.1. The Bertz CT molecular complexity index is 1070. The zero-order valence-electron chi connectivity index (χ0n) is 14.8. The standard InChI is InChI=1S/C19H17BrN4O2S/c1-3-27-19-22-18(25)16-12-6-4-5-7-14(12)21-17(24(16)23-19)13-10-11(20)8-9-15(13)26-2/h4-10,17H,3H2,1-2H3,(H,22,23,25)/t17-/m0/s1. The van der Waals surface area contributed by atoms with Crippen molar-refractivity contribution in [1.82, 2.24) is 10.3 Å². The first-order valence-electron chi connectivity index (χ1n) is 8.45. The van der Waals surface area contributed by atoms with E-state index in [1.165, 1.54) is 11.8 Å². The van der Waals surface area contributed by atoms with Crippen LogP contribution in [0.25, 0.3) is 5.70 Å². The lowest BCUT2D eigenvalue weighted by molar-refractivity contribution is -0.116. The Morgan fingerprint density at radius 3 is 2.89 bits per heavy atom. The highest BCUT2D eigenvalue weighted by Gasteiger charge is 2.35. The molecule has 1 N–H and O–H groups in total. The van der Waals surface area contributed by atoms with Gasteiger partial charge in [-0.05, 0) is 30.0 Å². The van der Waals surface area contributed by atoms with Gasteiger partial charge in [-0.1, -0.05) is 52.8 Å². The number of amides is 1. The highest BCUT2D eigenvalue weighted by molar-refractivity contribution is 9.10. The van der Waals surface area contributed by atoms with Crippen LogP contribution >= 0.6 is 27.7 Å². The second-order valence-electron chi connectivity index (χ2n) is 5.89. The fraction of sp³-hybridized carbons (Fsp3) is 0.211. The predicted octanol–water partition coefficient (Wildman–Crippen LogP) is 2.35. The number of para-hydroxylation sites is 1. The molecule has 27 heavy (non-hydrogen) atoms. The van der Waals surface area contributed by atoms with Gasteiger partial charge in [0, 0.05) is 15.3 Å². The monoisotopic (exact) mass is 444 g/mol. The third kappa shape index (κ3) is 3.23. The van der Waals surface area contributed by atoms with Crippen LogP contribution in [0.3, 0.4) is 0 Å². The number of thioether (sulfide) groups is 1. The number of halogens is 1. The summed E-state index contributed by atoms with van der Waals surface area (Å²) in [6, 6.07) is 13.3. The first kappa shape index (κ1) is 18.1. The number of amidine groups is 1. The molecule has 2 aliphatic rings. The van der Waals surface area contributed by atoms with Crippen molar-refractivity contribution in [3.05, 3.63) is 63.1 Å². The lowest BCUT2D eigenvalue weighted by Crippen LogP contribution is -2.50. The van der Waals surface area contributed by atoms with E-state index in [0.29, 0.717) is 16.6 Å². The van der Waals surface area contributed by atoms with E-state index in [9.17, 15) is 4.79 Å². The van der Waals surface area contributed by atoms with E-state index < -0.39 is 6.17 Å². The molecule has 0 aromatic heterocycles. The molecule has 8 heteroatoms. The number of hydrogen-bond donors (Lipinski definition) is 1. The number of carbonyl (C=O) groups is 1. The number of ether oxygens (including phenoxy) is 1. The van der Waals surface area contributed by atoms with Crippen molar-refractivity contribution >= 4 is 44.5 Å². The maximum absolute atomic E-state index is 12.9. The molecule has 138 valence electrons. The first-order valence-corrected chi connectivity index (χ1v) is 10.2. The Balaban J connectivity index is 1.98. The molecule has 2 heterocycles. The van der Waals surface area contributed by atoms with Crippen molar-refractivity contribution in [3.63, 3.8) is 0 Å². The van der Waals surface area contributed by atoms with Gasteiger partial charge >= 0.3 is 0 Å². The number of hydrazone groups is 1. The molecule has 2 aromatic rings. The smallest absolute Gasteiger partial charge is 0.276 e. The number of carbonyl (C=O) groups excluding carboxylic acids is 1. The van der Waals surface area contributed by atoms with Crippen molar-refractivity contribution in [1.29, 1.82) is 0 Å². The van der Waals surface area contributed by atoms with Crippen LogP contribution in [0.4, 0.5) is 0 Å². The average molecular weight is 445 g/mol. The summed E-state index contributed by atoms with van der Waals surface area (Å²) in [5.41, 5.74) is 1.33. The van der Waals surface area contributed by atoms with E-state index >= 15 is 0 Å². The van der Waals surface area contributed by atoms with Crippen molar-refractivity contribution in [2.45, 2.75) is 13.1 Å². The number of hydrogen-bond acceptors (Lipinski definition) is 6. The Morgan fingerprint density at radius 1 is 1.30 bits per heavy atom. The van der Waals surface area contributed by atoms with E-state index in [1.807, 2.05) is 49.4 Å². The molecule has 6 nitrogen and oxygen atoms in total. The number of methoxy groups -OCH3 is 1. The summed E-state index contributed by atoms with van der Waals surface area (Å²) in [7, 11) is 1.62. The molecular formula is C19H17BrN4O2S. The van der Waals surface area contributed by atoms with E-state index in [-0.39, 0.29) is 5.91 Å². The van der Waals surface area contributed by atoms with E-state index in [2.05, 4.69) is 26.3 Å². The molecule has 0 fully saturated rings. The van der Waals surface area contributed by atoms with Gasteiger partial charge in [0.2, 0.25) is 0 Å². The average Bonchev–Trinajstić information content (AvgIpc) is 2.67. The SMILES string of the molecule is CCSC1=NN2C(=c3ccccc3=N[C@@H]2c2cc(Br)ccc2OC)C(=O)N1. The Hall–Kier alpha value is -2.32. The predicted molar refractivity (Wildman–Crippen MR) is 110 cm³/mol. The zero-order valence-corrected chi connectivity index (χ0v) is 17.2. The second-order valence-corrected chi connectivity index (χ2v) is 8.06. The van der Waals surface area contributed by atoms with Crippen LogP contribution in [0.5, 0.6) is 5.75 Å². The maximum atomic E-state index is 12.9. The largest absolute Gasteiger partial charge is 0.496 e. The quantitative estimate of drug-likeness (QED) is 0.788. The van der Waals surface area contributed by atoms with Gasteiger partial charge < -0.3 is 4.74 Å². The van der Waals surface area contributed by atoms with Crippen LogP contribution in [0, 0.1) is 0 Å². The summed E-state index contributed by atoms with van der Waals surface area (Å²) in [4.78, 5) is 17.8. The van der Waals surface area contributed by atoms with Crippen molar-refractivity contribution in [2.75, 3.05) is 12.9 Å². The molecule has 0 unspecified atom stereocenters. The van der Waals surface area contributed by atoms with E-state index in [4.69, 9.17) is 9.73 Å². The topological polar surface area (TPSA) is 66.3 Å². The summed E-state index contributed by atoms with van der Waals surface area (Å²) < 4.78 is 6.46. The summed E-state index contributed by atoms with van der Waals surface area (Å²) in [6.07, 6.45) is -0.499. The van der Waals surface area contributed by atoms with Crippen LogP contribution in [0.15, 0.2) is 57.0 Å². The van der Waals surface area contributed by atoms with E-state index in [0.717, 1.165) is 26.4 Å². The molecule has 0 aliphatic carbocycles. The van der Waals surface area contributed by atoms with Gasteiger partial charge in [-0.15, -0.1) is 5.10 Å². The molecular weight excluding hydrogens is 428 g/mol. The molecule has 0 spiro atoms. The number of rotatable bonds is 3. The maximum Gasteiger partial charge on any atom is 0.276 e. The molecule has 1 amide bonds. The Kier molecular flexibility index (Phi) is 4.92. The number of benzene rings is 2. The minimum atomic E-state index is -0.499. The molecule has 0 saturated carbocycles. The lowest BCUT2D eigenvalue weighted by Gasteiger charge is -2.34. The van der Waals surface area contributed by atoms with Gasteiger partial charge in [0.05, 0.1) is 12.5 Å². The van der Waals surface area contributed by atoms with Gasteiger partial charge in [0.1, 0.15) is 11.4 Å². The number of nitrogens with zero attached hydrogens (tertiary/aromatic N) is 3. The van der Waals surface area contributed by atoms with E-state index in [1.54, 1.807) is 12.1 Å². The van der Waals surface area contributed by atoms with Crippen LogP contribution in [-0.4, -0.2) is 28.9 Å². The van der Waals surface area contributed by atoms with Crippen LogP contribution in [0.2, 0.25) is 0 Å². The minimum absolute atomic E-state index is 0.178. The molecule has 0 bridgehead atoms. The van der Waals surface area contributed by atoms with Crippen LogP contribution in [0.1, 0.15) is 18.7 Å². The van der Waals surface area contributed by atoms with Gasteiger partial charge in [-0.3, -0.25) is 15.1 Å². The fourth-order valence-corrected chi connectivity index (χ4v) is 4.10. The number of fused-ring (bicyclic) bond motifs is 2. The summed E-state index contributed by atoms with van der Waals surface area (Å²) >= 11 is 5.00. The summed E-state index contributed by atoms with van der Waals surface area (Å²) in [6.45, 7) is 2.02. The summed E-state index contributed by atoms with van der Waals surface area (Å²) in [5.74, 6) is 1.32. The van der Waals surface area contributed by atoms with Crippen LogP contribution in [-0.2, 0) is 4.79 Å². The lowest BCUT2D eigenvalue weighted by atomic mass is 10.1. The molecule has 2 aromatic carbocycles. The van der Waals surface area contributed by atoms with Gasteiger partial charge in [-0.2, -0.15) is 0 Å². The molecule has 0 radical (unpaired) electrons. The Morgan fingerprint density at radius 2 is 2.11 bits per heavy atom. The molecule has 4 rings (SSSR count). The Labute approximate surface area is 169 Å². The minimum Gasteiger partial charge on any atom is -0.496 e. The van der Waals surface area contributed by atoms with Crippen molar-refractivity contribution in [3.8, 4) is 5.75 Å². The van der Waals surface area contributed by atoms with Crippen molar-refractivity contribution < 1.29 is 9.53 Å². The highest BCUT2D eigenvalue weighted by atomic mass is 79.9. The fourth-order valence-electron chi connectivity index (χ4n) is 3.14. The zero-order chi connectivity index (χ0) is 19.0. The highest BCUT2D eigenvalue weighted by Crippen LogP contribution is 2.36. The van der Waals surface area contributed by atoms with Gasteiger partial charge in [0.25, 0.3) is 5.91 Å². The summed E-state index contributed by atoms with van der Waals surface area (Å²) in [5, 5.41) is 11.4. The molecule has 0 saturated heterocycles. The third-order valence-electron chi connectivity index (χ3n) is 4.27. The second kappa shape index (κ2) is 7.36. The number of nitrogens with one attached hydrogen (secondary N) is 1.